The normalized spacial score (nSPS) is 16.9. The van der Waals surface area contributed by atoms with Crippen LogP contribution in [0.1, 0.15) is 32.1 Å². The van der Waals surface area contributed by atoms with Gasteiger partial charge >= 0.3 is 0 Å². The molecule has 1 aliphatic carbocycles. The van der Waals surface area contributed by atoms with Gasteiger partial charge in [-0.1, -0.05) is 24.6 Å². The van der Waals surface area contributed by atoms with Crippen LogP contribution in [0, 0.1) is 6.57 Å². The first-order valence-corrected chi connectivity index (χ1v) is 11.3. The number of para-hydroxylation sites is 1. The second-order valence-corrected chi connectivity index (χ2v) is 8.57. The van der Waals surface area contributed by atoms with E-state index in [2.05, 4.69) is 48.9 Å². The van der Waals surface area contributed by atoms with Crippen molar-refractivity contribution in [1.29, 1.82) is 0 Å². The van der Waals surface area contributed by atoms with Crippen LogP contribution in [0.15, 0.2) is 59.2 Å². The largest absolute Gasteiger partial charge is 0.470 e. The summed E-state index contributed by atoms with van der Waals surface area (Å²) in [6, 6.07) is 16.5. The number of hydrogen-bond donors (Lipinski definition) is 0. The number of nitrogens with zero attached hydrogens (tertiary/aromatic N) is 4. The number of rotatable bonds is 3. The molecule has 5 rings (SSSR count). The smallest absolute Gasteiger partial charge is 0.228 e. The summed E-state index contributed by atoms with van der Waals surface area (Å²) in [5, 5.41) is 1.16. The molecule has 1 saturated heterocycles. The summed E-state index contributed by atoms with van der Waals surface area (Å²) in [5.41, 5.74) is 1.02. The van der Waals surface area contributed by atoms with Gasteiger partial charge in [0.05, 0.1) is 23.1 Å². The molecule has 2 aliphatic rings. The van der Waals surface area contributed by atoms with E-state index < -0.39 is 0 Å². The number of ether oxygens (including phenoxy) is 1. The number of benzene rings is 1. The van der Waals surface area contributed by atoms with Crippen LogP contribution in [0.25, 0.3) is 15.7 Å². The van der Waals surface area contributed by atoms with Crippen molar-refractivity contribution >= 4 is 32.7 Å². The molecule has 1 saturated carbocycles. The molecule has 2 fully saturated rings. The summed E-state index contributed by atoms with van der Waals surface area (Å²) in [4.78, 5) is 14.7. The van der Waals surface area contributed by atoms with Gasteiger partial charge in [0.15, 0.2) is 0 Å². The summed E-state index contributed by atoms with van der Waals surface area (Å²) in [6.45, 7) is 8.38. The van der Waals surface area contributed by atoms with Crippen LogP contribution in [0.4, 0.5) is 5.82 Å². The van der Waals surface area contributed by atoms with Gasteiger partial charge < -0.3 is 14.5 Å². The lowest BCUT2D eigenvalue weighted by Crippen LogP contribution is -2.54. The van der Waals surface area contributed by atoms with Gasteiger partial charge in [-0.05, 0) is 59.1 Å². The molecule has 0 amide bonds. The molecule has 3 heterocycles. The van der Waals surface area contributed by atoms with Gasteiger partial charge in [-0.3, -0.25) is 0 Å². The van der Waals surface area contributed by atoms with Crippen molar-refractivity contribution in [2.24, 2.45) is 0 Å². The predicted molar refractivity (Wildman–Crippen MR) is 124 cm³/mol. The third-order valence-electron chi connectivity index (χ3n) is 5.52. The second kappa shape index (κ2) is 9.90. The maximum atomic E-state index is 6.72. The molecule has 0 atom stereocenters. The minimum absolute atomic E-state index is 0.152. The molecule has 3 aromatic rings. The van der Waals surface area contributed by atoms with Gasteiger partial charge in [0.2, 0.25) is 11.9 Å². The topological polar surface area (TPSA) is 42.6 Å². The zero-order valence-electron chi connectivity index (χ0n) is 16.9. The maximum Gasteiger partial charge on any atom is 0.228 e. The van der Waals surface area contributed by atoms with E-state index in [9.17, 15) is 0 Å². The molecule has 2 aromatic heterocycles. The number of pyridine rings is 2. The summed E-state index contributed by atoms with van der Waals surface area (Å²) in [6.07, 6.45) is 8.13. The Kier molecular flexibility index (Phi) is 6.81. The molecule has 1 aromatic carbocycles. The molecular formula is C24H25BrN4O. The second-order valence-electron chi connectivity index (χ2n) is 7.72. The van der Waals surface area contributed by atoms with Crippen molar-refractivity contribution in [3.63, 3.8) is 0 Å². The standard InChI is InChI=1S/C17H14BrN3O.C7H11N/c18-14-5-3-9-19-17(14)22-13-10-21(11-13)16-8-7-12-4-1-2-6-15(12)20-16;1-8-7-5-3-2-4-6-7/h1-9,13H,10-11H2;7H,2-6H2. The number of fused-ring (bicyclic) bond motifs is 1. The average Bonchev–Trinajstić information content (AvgIpc) is 2.78. The maximum absolute atomic E-state index is 6.72. The lowest BCUT2D eigenvalue weighted by molar-refractivity contribution is 0.159. The molecule has 0 unspecified atom stereocenters. The predicted octanol–water partition coefficient (Wildman–Crippen LogP) is 5.90. The molecule has 0 spiro atoms. The van der Waals surface area contributed by atoms with Crippen LogP contribution in [0.2, 0.25) is 0 Å². The molecule has 30 heavy (non-hydrogen) atoms. The van der Waals surface area contributed by atoms with Crippen molar-refractivity contribution in [1.82, 2.24) is 9.97 Å². The first-order valence-electron chi connectivity index (χ1n) is 10.5. The Labute approximate surface area is 186 Å². The highest BCUT2D eigenvalue weighted by Crippen LogP contribution is 2.27. The van der Waals surface area contributed by atoms with Gasteiger partial charge in [-0.2, -0.15) is 0 Å². The Morgan fingerprint density at radius 3 is 2.53 bits per heavy atom. The van der Waals surface area contributed by atoms with Crippen LogP contribution in [-0.2, 0) is 0 Å². The monoisotopic (exact) mass is 464 g/mol. The van der Waals surface area contributed by atoms with Crippen LogP contribution >= 0.6 is 15.9 Å². The number of anilines is 1. The molecule has 6 heteroatoms. The molecule has 0 N–H and O–H groups in total. The fourth-order valence-electron chi connectivity index (χ4n) is 3.76. The van der Waals surface area contributed by atoms with E-state index in [4.69, 9.17) is 16.3 Å². The fourth-order valence-corrected chi connectivity index (χ4v) is 4.11. The molecular weight excluding hydrogens is 440 g/mol. The van der Waals surface area contributed by atoms with Gasteiger partial charge in [0.25, 0.3) is 0 Å². The molecule has 154 valence electrons. The highest BCUT2D eigenvalue weighted by atomic mass is 79.9. The third-order valence-corrected chi connectivity index (χ3v) is 6.12. The van der Waals surface area contributed by atoms with Crippen molar-refractivity contribution in [2.75, 3.05) is 18.0 Å². The third kappa shape index (κ3) is 5.09. The average molecular weight is 465 g/mol. The minimum Gasteiger partial charge on any atom is -0.470 e. The number of halogens is 1. The van der Waals surface area contributed by atoms with Crippen molar-refractivity contribution < 1.29 is 4.74 Å². The van der Waals surface area contributed by atoms with Gasteiger partial charge in [0.1, 0.15) is 11.9 Å². The van der Waals surface area contributed by atoms with Crippen LogP contribution in [0.5, 0.6) is 5.88 Å². The quantitative estimate of drug-likeness (QED) is 0.452. The summed E-state index contributed by atoms with van der Waals surface area (Å²) < 4.78 is 6.78. The zero-order chi connectivity index (χ0) is 20.8. The Morgan fingerprint density at radius 1 is 1.00 bits per heavy atom. The van der Waals surface area contributed by atoms with E-state index in [1.165, 1.54) is 19.3 Å². The summed E-state index contributed by atoms with van der Waals surface area (Å²) >= 11 is 3.45. The van der Waals surface area contributed by atoms with Gasteiger partial charge in [-0.15, -0.1) is 0 Å². The van der Waals surface area contributed by atoms with Crippen molar-refractivity contribution in [3.05, 3.63) is 70.6 Å². The van der Waals surface area contributed by atoms with Gasteiger partial charge in [-0.25, -0.2) is 16.5 Å². The van der Waals surface area contributed by atoms with Crippen LogP contribution in [0.3, 0.4) is 0 Å². The van der Waals surface area contributed by atoms with E-state index in [0.717, 1.165) is 47.1 Å². The first-order chi connectivity index (χ1) is 14.7. The zero-order valence-corrected chi connectivity index (χ0v) is 18.5. The highest BCUT2D eigenvalue weighted by molar-refractivity contribution is 9.10. The van der Waals surface area contributed by atoms with Crippen molar-refractivity contribution in [3.8, 4) is 5.88 Å². The van der Waals surface area contributed by atoms with Crippen molar-refractivity contribution in [2.45, 2.75) is 44.2 Å². The lowest BCUT2D eigenvalue weighted by atomic mass is 9.96. The molecule has 5 nitrogen and oxygen atoms in total. The Hall–Kier alpha value is -2.65. The van der Waals surface area contributed by atoms with E-state index in [1.54, 1.807) is 6.20 Å². The van der Waals surface area contributed by atoms with Gasteiger partial charge in [0, 0.05) is 24.4 Å². The minimum atomic E-state index is 0.152. The van der Waals surface area contributed by atoms with Crippen LogP contribution < -0.4 is 9.64 Å². The van der Waals surface area contributed by atoms with E-state index >= 15 is 0 Å². The summed E-state index contributed by atoms with van der Waals surface area (Å²) in [5.74, 6) is 1.65. The molecule has 0 radical (unpaired) electrons. The van der Waals surface area contributed by atoms with E-state index in [1.807, 2.05) is 30.3 Å². The fraction of sp³-hybridized carbons (Fsp3) is 0.375. The van der Waals surface area contributed by atoms with Crippen LogP contribution in [-0.4, -0.2) is 35.2 Å². The Balaban J connectivity index is 0.000000230. The summed E-state index contributed by atoms with van der Waals surface area (Å²) in [7, 11) is 0. The number of aromatic nitrogens is 2. The van der Waals surface area contributed by atoms with E-state index in [0.29, 0.717) is 11.9 Å². The number of hydrogen-bond acceptors (Lipinski definition) is 4. The van der Waals surface area contributed by atoms with E-state index in [-0.39, 0.29) is 6.10 Å². The highest BCUT2D eigenvalue weighted by Gasteiger charge is 2.30. The Bertz CT molecular complexity index is 1020. The first kappa shape index (κ1) is 20.6. The Morgan fingerprint density at radius 2 is 1.80 bits per heavy atom. The molecule has 0 bridgehead atoms. The molecule has 1 aliphatic heterocycles. The lowest BCUT2D eigenvalue weighted by Gasteiger charge is -2.39. The SMILES string of the molecule is Brc1cccnc1OC1CN(c2ccc3ccccc3n2)C1.[C-]#[N+]C1CCCCC1.